The lowest BCUT2D eigenvalue weighted by Crippen LogP contribution is -2.41. The van der Waals surface area contributed by atoms with E-state index in [9.17, 15) is 4.79 Å². The molecular formula is C23H27N3O. The topological polar surface area (TPSA) is 46.9 Å². The molecule has 140 valence electrons. The van der Waals surface area contributed by atoms with Gasteiger partial charge in [-0.05, 0) is 68.5 Å². The second-order valence-corrected chi connectivity index (χ2v) is 7.88. The molecule has 0 radical (unpaired) electrons. The SMILES string of the molecule is Cc1cccc(-n2c(C)nc3cc(C(=O)NC4CCCCC4C)ccc32)c1. The molecule has 2 unspecified atom stereocenters. The highest BCUT2D eigenvalue weighted by Crippen LogP contribution is 2.25. The van der Waals surface area contributed by atoms with Crippen LogP contribution in [0.15, 0.2) is 42.5 Å². The first-order chi connectivity index (χ1) is 13.0. The lowest BCUT2D eigenvalue weighted by Gasteiger charge is -2.29. The number of nitrogens with one attached hydrogen (secondary N) is 1. The maximum atomic E-state index is 12.8. The molecule has 2 aromatic carbocycles. The van der Waals surface area contributed by atoms with Crippen molar-refractivity contribution in [1.82, 2.24) is 14.9 Å². The third kappa shape index (κ3) is 3.48. The van der Waals surface area contributed by atoms with Gasteiger partial charge in [0.2, 0.25) is 0 Å². The zero-order valence-electron chi connectivity index (χ0n) is 16.3. The number of hydrogen-bond donors (Lipinski definition) is 1. The summed E-state index contributed by atoms with van der Waals surface area (Å²) in [6.07, 6.45) is 4.75. The highest BCUT2D eigenvalue weighted by Gasteiger charge is 2.23. The van der Waals surface area contributed by atoms with E-state index in [-0.39, 0.29) is 11.9 Å². The van der Waals surface area contributed by atoms with Crippen LogP contribution in [0.25, 0.3) is 16.7 Å². The average molecular weight is 361 g/mol. The predicted molar refractivity (Wildman–Crippen MR) is 109 cm³/mol. The Balaban J connectivity index is 1.64. The van der Waals surface area contributed by atoms with Crippen molar-refractivity contribution in [1.29, 1.82) is 0 Å². The van der Waals surface area contributed by atoms with Crippen LogP contribution in [-0.4, -0.2) is 21.5 Å². The number of imidazole rings is 1. The Morgan fingerprint density at radius 1 is 1.11 bits per heavy atom. The smallest absolute Gasteiger partial charge is 0.251 e. The van der Waals surface area contributed by atoms with E-state index in [4.69, 9.17) is 4.98 Å². The van der Waals surface area contributed by atoms with E-state index in [1.165, 1.54) is 24.8 Å². The van der Waals surface area contributed by atoms with E-state index in [2.05, 4.69) is 48.0 Å². The number of carbonyl (C=O) groups is 1. The molecule has 4 rings (SSSR count). The van der Waals surface area contributed by atoms with Crippen molar-refractivity contribution >= 4 is 16.9 Å². The molecule has 1 aliphatic rings. The zero-order chi connectivity index (χ0) is 19.0. The number of hydrogen-bond acceptors (Lipinski definition) is 2. The number of aromatic nitrogens is 2. The maximum absolute atomic E-state index is 12.8. The van der Waals surface area contributed by atoms with Crippen LogP contribution in [0.1, 0.15) is 54.4 Å². The Hall–Kier alpha value is -2.62. The fraction of sp³-hybridized carbons (Fsp3) is 0.391. The molecule has 1 aromatic heterocycles. The summed E-state index contributed by atoms with van der Waals surface area (Å²) in [5, 5.41) is 3.24. The Bertz CT molecular complexity index is 988. The average Bonchev–Trinajstić information content (AvgIpc) is 2.98. The van der Waals surface area contributed by atoms with Crippen LogP contribution in [0.4, 0.5) is 0 Å². The Kier molecular flexibility index (Phi) is 4.73. The molecule has 1 aliphatic carbocycles. The van der Waals surface area contributed by atoms with Crippen molar-refractivity contribution in [2.45, 2.75) is 52.5 Å². The minimum Gasteiger partial charge on any atom is -0.349 e. The van der Waals surface area contributed by atoms with Gasteiger partial charge in [-0.1, -0.05) is 31.9 Å². The molecule has 1 amide bonds. The highest BCUT2D eigenvalue weighted by atomic mass is 16.1. The van der Waals surface area contributed by atoms with Crippen LogP contribution >= 0.6 is 0 Å². The molecule has 1 saturated carbocycles. The molecule has 0 bridgehead atoms. The summed E-state index contributed by atoms with van der Waals surface area (Å²) in [6, 6.07) is 14.5. The fourth-order valence-corrected chi connectivity index (χ4v) is 4.22. The molecule has 0 spiro atoms. The van der Waals surface area contributed by atoms with Crippen molar-refractivity contribution in [3.8, 4) is 5.69 Å². The molecule has 4 nitrogen and oxygen atoms in total. The first-order valence-corrected chi connectivity index (χ1v) is 9.90. The van der Waals surface area contributed by atoms with Crippen LogP contribution in [0.3, 0.4) is 0 Å². The summed E-state index contributed by atoms with van der Waals surface area (Å²) in [7, 11) is 0. The zero-order valence-corrected chi connectivity index (χ0v) is 16.3. The van der Waals surface area contributed by atoms with Crippen molar-refractivity contribution in [3.63, 3.8) is 0 Å². The van der Waals surface area contributed by atoms with Gasteiger partial charge in [-0.2, -0.15) is 0 Å². The van der Waals surface area contributed by atoms with Gasteiger partial charge in [-0.15, -0.1) is 0 Å². The van der Waals surface area contributed by atoms with Crippen molar-refractivity contribution in [3.05, 3.63) is 59.4 Å². The van der Waals surface area contributed by atoms with Gasteiger partial charge in [0.25, 0.3) is 5.91 Å². The van der Waals surface area contributed by atoms with Gasteiger partial charge in [-0.25, -0.2) is 4.98 Å². The van der Waals surface area contributed by atoms with E-state index < -0.39 is 0 Å². The van der Waals surface area contributed by atoms with Gasteiger partial charge in [0.15, 0.2) is 0 Å². The molecule has 0 aliphatic heterocycles. The summed E-state index contributed by atoms with van der Waals surface area (Å²) in [4.78, 5) is 17.5. The quantitative estimate of drug-likeness (QED) is 0.717. The fourth-order valence-electron chi connectivity index (χ4n) is 4.22. The van der Waals surface area contributed by atoms with Crippen molar-refractivity contribution in [2.75, 3.05) is 0 Å². The molecule has 27 heavy (non-hydrogen) atoms. The predicted octanol–water partition coefficient (Wildman–Crippen LogP) is 4.95. The van der Waals surface area contributed by atoms with Gasteiger partial charge in [0.05, 0.1) is 11.0 Å². The number of benzene rings is 2. The molecule has 4 heteroatoms. The molecule has 1 heterocycles. The monoisotopic (exact) mass is 361 g/mol. The number of carbonyl (C=O) groups excluding carboxylic acids is 1. The minimum absolute atomic E-state index is 0.0124. The molecular weight excluding hydrogens is 334 g/mol. The third-order valence-corrected chi connectivity index (χ3v) is 5.77. The first-order valence-electron chi connectivity index (χ1n) is 9.90. The molecule has 1 N–H and O–H groups in total. The van der Waals surface area contributed by atoms with Crippen molar-refractivity contribution in [2.24, 2.45) is 5.92 Å². The summed E-state index contributed by atoms with van der Waals surface area (Å²) in [6.45, 7) is 6.33. The van der Waals surface area contributed by atoms with Gasteiger partial charge in [0, 0.05) is 17.3 Å². The molecule has 1 fully saturated rings. The Morgan fingerprint density at radius 3 is 2.70 bits per heavy atom. The van der Waals surface area contributed by atoms with E-state index in [0.29, 0.717) is 11.5 Å². The van der Waals surface area contributed by atoms with Gasteiger partial charge in [-0.3, -0.25) is 9.36 Å². The summed E-state index contributed by atoms with van der Waals surface area (Å²) in [5.74, 6) is 1.49. The number of rotatable bonds is 3. The summed E-state index contributed by atoms with van der Waals surface area (Å²) >= 11 is 0. The molecule has 3 aromatic rings. The van der Waals surface area contributed by atoms with Crippen LogP contribution in [0.2, 0.25) is 0 Å². The lowest BCUT2D eigenvalue weighted by atomic mass is 9.86. The van der Waals surface area contributed by atoms with E-state index in [1.807, 2.05) is 25.1 Å². The number of aryl methyl sites for hydroxylation is 2. The largest absolute Gasteiger partial charge is 0.349 e. The van der Waals surface area contributed by atoms with Crippen LogP contribution < -0.4 is 5.32 Å². The minimum atomic E-state index is 0.0124. The summed E-state index contributed by atoms with van der Waals surface area (Å²) in [5.41, 5.74) is 4.89. The second-order valence-electron chi connectivity index (χ2n) is 7.88. The standard InChI is InChI=1S/C23H27N3O/c1-15-7-6-9-19(13-15)26-17(3)24-21-14-18(11-12-22(21)26)23(27)25-20-10-5-4-8-16(20)2/h6-7,9,11-14,16,20H,4-5,8,10H2,1-3H3,(H,25,27). The van der Waals surface area contributed by atoms with E-state index in [0.717, 1.165) is 29.0 Å². The Labute approximate surface area is 160 Å². The van der Waals surface area contributed by atoms with Gasteiger partial charge < -0.3 is 5.32 Å². The van der Waals surface area contributed by atoms with Crippen LogP contribution in [-0.2, 0) is 0 Å². The molecule has 0 saturated heterocycles. The lowest BCUT2D eigenvalue weighted by molar-refractivity contribution is 0.0910. The number of amides is 1. The number of nitrogens with zero attached hydrogens (tertiary/aromatic N) is 2. The highest BCUT2D eigenvalue weighted by molar-refractivity contribution is 5.97. The first kappa shape index (κ1) is 17.8. The van der Waals surface area contributed by atoms with Crippen LogP contribution in [0.5, 0.6) is 0 Å². The third-order valence-electron chi connectivity index (χ3n) is 5.77. The van der Waals surface area contributed by atoms with Crippen molar-refractivity contribution < 1.29 is 4.79 Å². The number of fused-ring (bicyclic) bond motifs is 1. The van der Waals surface area contributed by atoms with Gasteiger partial charge >= 0.3 is 0 Å². The normalized spacial score (nSPS) is 20.0. The second kappa shape index (κ2) is 7.18. The maximum Gasteiger partial charge on any atom is 0.251 e. The van der Waals surface area contributed by atoms with E-state index in [1.54, 1.807) is 0 Å². The van der Waals surface area contributed by atoms with Gasteiger partial charge in [0.1, 0.15) is 5.82 Å². The van der Waals surface area contributed by atoms with Crippen LogP contribution in [0, 0.1) is 19.8 Å². The van der Waals surface area contributed by atoms with E-state index >= 15 is 0 Å². The molecule has 2 atom stereocenters. The Morgan fingerprint density at radius 2 is 1.93 bits per heavy atom. The summed E-state index contributed by atoms with van der Waals surface area (Å²) < 4.78 is 2.15.